The predicted octanol–water partition coefficient (Wildman–Crippen LogP) is 5.95. The van der Waals surface area contributed by atoms with Gasteiger partial charge in [0.15, 0.2) is 0 Å². The van der Waals surface area contributed by atoms with Gasteiger partial charge < -0.3 is 4.74 Å². The van der Waals surface area contributed by atoms with Gasteiger partial charge in [0, 0.05) is 17.4 Å². The second-order valence-electron chi connectivity index (χ2n) is 7.18. The van der Waals surface area contributed by atoms with Gasteiger partial charge in [0.1, 0.15) is 10.9 Å². The topological polar surface area (TPSA) is 54.8 Å². The minimum atomic E-state index is -0.337. The van der Waals surface area contributed by atoms with Crippen LogP contribution in [0.5, 0.6) is 5.75 Å². The van der Waals surface area contributed by atoms with Crippen LogP contribution in [0.1, 0.15) is 33.3 Å². The van der Waals surface area contributed by atoms with Crippen LogP contribution >= 0.6 is 22.9 Å². The van der Waals surface area contributed by atoms with Gasteiger partial charge in [-0.15, -0.1) is 11.3 Å². The lowest BCUT2D eigenvalue weighted by molar-refractivity contribution is 0.0716. The number of fused-ring (bicyclic) bond motifs is 1. The fraction of sp³-hybridized carbons (Fsp3) is 0.125. The molecule has 1 aliphatic heterocycles. The van der Waals surface area contributed by atoms with Crippen LogP contribution in [0.25, 0.3) is 10.9 Å². The van der Waals surface area contributed by atoms with E-state index < -0.39 is 0 Å². The van der Waals surface area contributed by atoms with Crippen molar-refractivity contribution in [2.24, 2.45) is 5.10 Å². The maximum absolute atomic E-state index is 13.3. The Labute approximate surface area is 188 Å². The van der Waals surface area contributed by atoms with Crippen molar-refractivity contribution in [1.82, 2.24) is 9.99 Å². The molecule has 31 heavy (non-hydrogen) atoms. The lowest BCUT2D eigenvalue weighted by atomic mass is 9.98. The molecule has 0 fully saturated rings. The summed E-state index contributed by atoms with van der Waals surface area (Å²) >= 11 is 8.00. The molecular weight excluding hydrogens is 430 g/mol. The average Bonchev–Trinajstić information content (AvgIpc) is 3.49. The highest BCUT2D eigenvalue weighted by Gasteiger charge is 2.35. The number of nitrogens with zero attached hydrogens (tertiary/aromatic N) is 3. The summed E-state index contributed by atoms with van der Waals surface area (Å²) < 4.78 is 5.26. The van der Waals surface area contributed by atoms with Crippen molar-refractivity contribution in [2.75, 3.05) is 7.11 Å². The molecule has 7 heteroatoms. The van der Waals surface area contributed by atoms with E-state index in [-0.39, 0.29) is 11.9 Å². The number of aromatic nitrogens is 1. The van der Waals surface area contributed by atoms with Gasteiger partial charge in [0.05, 0.1) is 29.3 Å². The Kier molecular flexibility index (Phi) is 5.18. The van der Waals surface area contributed by atoms with Crippen LogP contribution in [0, 0.1) is 0 Å². The average molecular weight is 448 g/mol. The molecule has 0 saturated carbocycles. The Morgan fingerprint density at radius 2 is 1.94 bits per heavy atom. The summed E-state index contributed by atoms with van der Waals surface area (Å²) in [6.45, 7) is 0. The van der Waals surface area contributed by atoms with Crippen LogP contribution in [-0.4, -0.2) is 28.7 Å². The molecule has 0 saturated heterocycles. The third-order valence-corrected chi connectivity index (χ3v) is 6.50. The number of halogens is 1. The molecule has 5 nitrogen and oxygen atoms in total. The van der Waals surface area contributed by atoms with Crippen LogP contribution in [0.15, 0.2) is 77.2 Å². The molecule has 2 aromatic carbocycles. The number of hydrazone groups is 1. The van der Waals surface area contributed by atoms with Crippen molar-refractivity contribution in [1.29, 1.82) is 0 Å². The van der Waals surface area contributed by atoms with Gasteiger partial charge in [-0.2, -0.15) is 5.10 Å². The van der Waals surface area contributed by atoms with E-state index in [0.29, 0.717) is 16.5 Å². The highest BCUT2D eigenvalue weighted by molar-refractivity contribution is 7.12. The molecule has 0 bridgehead atoms. The minimum Gasteiger partial charge on any atom is -0.497 e. The Morgan fingerprint density at radius 3 is 2.68 bits per heavy atom. The zero-order valence-corrected chi connectivity index (χ0v) is 18.2. The second kappa shape index (κ2) is 8.13. The molecule has 5 rings (SSSR count). The van der Waals surface area contributed by atoms with Gasteiger partial charge in [0.25, 0.3) is 5.91 Å². The van der Waals surface area contributed by atoms with E-state index in [1.165, 1.54) is 11.3 Å². The molecule has 3 heterocycles. The number of hydrogen-bond donors (Lipinski definition) is 0. The van der Waals surface area contributed by atoms with Gasteiger partial charge in [-0.25, -0.2) is 9.99 Å². The lowest BCUT2D eigenvalue weighted by Crippen LogP contribution is -2.26. The van der Waals surface area contributed by atoms with E-state index in [1.807, 2.05) is 72.1 Å². The quantitative estimate of drug-likeness (QED) is 0.363. The molecule has 2 aromatic heterocycles. The number of carbonyl (C=O) groups is 1. The minimum absolute atomic E-state index is 0.146. The molecule has 1 atom stereocenters. The van der Waals surface area contributed by atoms with Crippen molar-refractivity contribution in [3.63, 3.8) is 0 Å². The monoisotopic (exact) mass is 447 g/mol. The summed E-state index contributed by atoms with van der Waals surface area (Å²) in [6, 6.07) is 20.8. The number of para-hydroxylation sites is 1. The zero-order chi connectivity index (χ0) is 21.4. The van der Waals surface area contributed by atoms with Gasteiger partial charge >= 0.3 is 0 Å². The smallest absolute Gasteiger partial charge is 0.284 e. The van der Waals surface area contributed by atoms with Crippen molar-refractivity contribution >= 4 is 45.5 Å². The first-order valence-electron chi connectivity index (χ1n) is 9.78. The Morgan fingerprint density at radius 1 is 1.13 bits per heavy atom. The van der Waals surface area contributed by atoms with Crippen LogP contribution < -0.4 is 4.74 Å². The summed E-state index contributed by atoms with van der Waals surface area (Å²) in [6.07, 6.45) is 0.545. The van der Waals surface area contributed by atoms with E-state index in [2.05, 4.69) is 4.98 Å². The SMILES string of the molecule is COc1ccc(C2=NN(C(=O)c3cccs3)[C@H](c3cc4ccccc4nc3Cl)C2)cc1. The van der Waals surface area contributed by atoms with E-state index in [4.69, 9.17) is 21.4 Å². The highest BCUT2D eigenvalue weighted by atomic mass is 35.5. The molecule has 0 unspecified atom stereocenters. The van der Waals surface area contributed by atoms with E-state index in [1.54, 1.807) is 12.1 Å². The molecule has 4 aromatic rings. The summed E-state index contributed by atoms with van der Waals surface area (Å²) in [4.78, 5) is 18.5. The number of thiophene rings is 1. The van der Waals surface area contributed by atoms with Gasteiger partial charge in [-0.1, -0.05) is 35.9 Å². The number of methoxy groups -OCH3 is 1. The maximum atomic E-state index is 13.3. The van der Waals surface area contributed by atoms with E-state index in [9.17, 15) is 4.79 Å². The molecule has 0 N–H and O–H groups in total. The fourth-order valence-electron chi connectivity index (χ4n) is 3.75. The van der Waals surface area contributed by atoms with Crippen molar-refractivity contribution in [3.8, 4) is 5.75 Å². The summed E-state index contributed by atoms with van der Waals surface area (Å²) in [7, 11) is 1.63. The van der Waals surface area contributed by atoms with Gasteiger partial charge in [0.2, 0.25) is 0 Å². The van der Waals surface area contributed by atoms with E-state index >= 15 is 0 Å². The number of rotatable bonds is 4. The maximum Gasteiger partial charge on any atom is 0.284 e. The first kappa shape index (κ1) is 19.7. The first-order valence-corrected chi connectivity index (χ1v) is 11.0. The van der Waals surface area contributed by atoms with Gasteiger partial charge in [-0.3, -0.25) is 4.79 Å². The molecule has 1 aliphatic rings. The standard InChI is InChI=1S/C24H18ClN3O2S/c1-30-17-10-8-15(9-11-17)20-14-21(28(27-20)24(29)22-7-4-12-31-22)18-13-16-5-2-3-6-19(16)26-23(18)25/h2-13,21H,14H2,1H3/t21-/m0/s1. The Bertz CT molecular complexity index is 1290. The number of pyridine rings is 1. The molecule has 0 spiro atoms. The third kappa shape index (κ3) is 3.69. The lowest BCUT2D eigenvalue weighted by Gasteiger charge is -2.22. The first-order chi connectivity index (χ1) is 15.1. The largest absolute Gasteiger partial charge is 0.497 e. The van der Waals surface area contributed by atoms with Crippen LogP contribution in [-0.2, 0) is 0 Å². The number of carbonyl (C=O) groups excluding carboxylic acids is 1. The number of hydrogen-bond acceptors (Lipinski definition) is 5. The highest BCUT2D eigenvalue weighted by Crippen LogP contribution is 2.38. The predicted molar refractivity (Wildman–Crippen MR) is 124 cm³/mol. The third-order valence-electron chi connectivity index (χ3n) is 5.34. The molecule has 154 valence electrons. The summed E-state index contributed by atoms with van der Waals surface area (Å²) in [5.74, 6) is 0.625. The van der Waals surface area contributed by atoms with Crippen LogP contribution in [0.3, 0.4) is 0 Å². The number of benzene rings is 2. The fourth-order valence-corrected chi connectivity index (χ4v) is 4.68. The summed E-state index contributed by atoms with van der Waals surface area (Å²) in [5.41, 5.74) is 3.37. The Hall–Kier alpha value is -3.22. The van der Waals surface area contributed by atoms with Gasteiger partial charge in [-0.05, 0) is 53.4 Å². The molecule has 0 aliphatic carbocycles. The molecule has 1 amide bonds. The Balaban J connectivity index is 1.58. The number of ether oxygens (including phenoxy) is 1. The van der Waals surface area contributed by atoms with Crippen molar-refractivity contribution in [3.05, 3.63) is 93.3 Å². The summed E-state index contributed by atoms with van der Waals surface area (Å²) in [5, 5.41) is 9.52. The molecular formula is C24H18ClN3O2S. The number of amides is 1. The van der Waals surface area contributed by atoms with Crippen LogP contribution in [0.2, 0.25) is 5.15 Å². The second-order valence-corrected chi connectivity index (χ2v) is 8.49. The van der Waals surface area contributed by atoms with E-state index in [0.717, 1.165) is 33.5 Å². The molecule has 0 radical (unpaired) electrons. The normalized spacial score (nSPS) is 15.9. The van der Waals surface area contributed by atoms with Crippen LogP contribution in [0.4, 0.5) is 0 Å². The zero-order valence-electron chi connectivity index (χ0n) is 16.7. The van der Waals surface area contributed by atoms with Crippen molar-refractivity contribution in [2.45, 2.75) is 12.5 Å². The van der Waals surface area contributed by atoms with Crippen molar-refractivity contribution < 1.29 is 9.53 Å².